The van der Waals surface area contributed by atoms with Crippen molar-refractivity contribution in [2.75, 3.05) is 10.2 Å². The van der Waals surface area contributed by atoms with Crippen molar-refractivity contribution in [1.82, 2.24) is 0 Å². The largest absolute Gasteiger partial charge is 0.352 e. The first-order valence-corrected chi connectivity index (χ1v) is 14.1. The standard InChI is InChI=1S/C35H27ClN2O3/c1-20-7-10-22(11-8-20)32(39)30-31(33(40)23-12-15-25(36)16-13-23)38-28-17-9-21(2)19-24(28)14-18-29(38)35(30)26-5-3-4-6-27(26)37-34(35)41/h3-19,29-31H,1-2H3,(H,37,41)/t29-,30-,31+,35-/m0/s1. The number of hydrogen-bond acceptors (Lipinski definition) is 4. The molecule has 0 aliphatic carbocycles. The zero-order chi connectivity index (χ0) is 28.5. The highest BCUT2D eigenvalue weighted by molar-refractivity contribution is 6.30. The summed E-state index contributed by atoms with van der Waals surface area (Å²) in [6.07, 6.45) is 4.01. The first-order chi connectivity index (χ1) is 19.8. The molecule has 4 aromatic carbocycles. The second-order valence-electron chi connectivity index (χ2n) is 11.2. The van der Waals surface area contributed by atoms with E-state index < -0.39 is 23.4 Å². The van der Waals surface area contributed by atoms with Gasteiger partial charge in [-0.25, -0.2) is 0 Å². The zero-order valence-corrected chi connectivity index (χ0v) is 23.4. The first-order valence-electron chi connectivity index (χ1n) is 13.7. The summed E-state index contributed by atoms with van der Waals surface area (Å²) in [5, 5.41) is 3.58. The van der Waals surface area contributed by atoms with E-state index in [0.29, 0.717) is 21.8 Å². The van der Waals surface area contributed by atoms with Gasteiger partial charge in [-0.05, 0) is 67.4 Å². The fraction of sp³-hybridized carbons (Fsp3) is 0.171. The first kappa shape index (κ1) is 25.5. The van der Waals surface area contributed by atoms with Crippen molar-refractivity contribution >= 4 is 46.5 Å². The molecule has 0 unspecified atom stereocenters. The molecular weight excluding hydrogens is 532 g/mol. The Hall–Kier alpha value is -4.48. The highest BCUT2D eigenvalue weighted by Gasteiger charge is 2.70. The third-order valence-electron chi connectivity index (χ3n) is 8.80. The maximum absolute atomic E-state index is 14.8. The highest BCUT2D eigenvalue weighted by Crippen LogP contribution is 2.58. The molecule has 7 rings (SSSR count). The molecule has 4 aromatic rings. The van der Waals surface area contributed by atoms with Gasteiger partial charge >= 0.3 is 0 Å². The molecule has 1 spiro atoms. The number of para-hydroxylation sites is 1. The number of rotatable bonds is 4. The number of hydrogen-bond donors (Lipinski definition) is 1. The van der Waals surface area contributed by atoms with Gasteiger partial charge in [0.15, 0.2) is 11.6 Å². The van der Waals surface area contributed by atoms with E-state index in [9.17, 15) is 14.4 Å². The van der Waals surface area contributed by atoms with E-state index in [4.69, 9.17) is 11.6 Å². The number of carbonyl (C=O) groups excluding carboxylic acids is 3. The second-order valence-corrected chi connectivity index (χ2v) is 11.6. The van der Waals surface area contributed by atoms with Crippen molar-refractivity contribution in [3.05, 3.63) is 135 Å². The van der Waals surface area contributed by atoms with Crippen LogP contribution in [0.25, 0.3) is 6.08 Å². The number of nitrogens with zero attached hydrogens (tertiary/aromatic N) is 1. The van der Waals surface area contributed by atoms with Gasteiger partial charge in [0.25, 0.3) is 0 Å². The van der Waals surface area contributed by atoms with Gasteiger partial charge in [0.05, 0.1) is 12.0 Å². The number of nitrogens with one attached hydrogen (secondary N) is 1. The molecule has 3 heterocycles. The van der Waals surface area contributed by atoms with E-state index in [0.717, 1.165) is 27.9 Å². The lowest BCUT2D eigenvalue weighted by Crippen LogP contribution is -2.51. The Balaban J connectivity index is 1.53. The molecule has 3 aliphatic rings. The smallest absolute Gasteiger partial charge is 0.238 e. The van der Waals surface area contributed by atoms with Gasteiger partial charge < -0.3 is 10.2 Å². The van der Waals surface area contributed by atoms with Crippen molar-refractivity contribution in [3.63, 3.8) is 0 Å². The van der Waals surface area contributed by atoms with Crippen LogP contribution in [0.15, 0.2) is 97.1 Å². The Morgan fingerprint density at radius 3 is 2.24 bits per heavy atom. The molecule has 4 atom stereocenters. The van der Waals surface area contributed by atoms with E-state index >= 15 is 0 Å². The monoisotopic (exact) mass is 558 g/mol. The Kier molecular flexibility index (Phi) is 5.77. The third-order valence-corrected chi connectivity index (χ3v) is 9.06. The van der Waals surface area contributed by atoms with E-state index in [-0.39, 0.29) is 17.5 Å². The van der Waals surface area contributed by atoms with Crippen LogP contribution in [-0.2, 0) is 10.2 Å². The Bertz CT molecular complexity index is 1780. The molecule has 0 saturated carbocycles. The average Bonchev–Trinajstić information content (AvgIpc) is 3.45. The fourth-order valence-corrected chi connectivity index (χ4v) is 7.11. The summed E-state index contributed by atoms with van der Waals surface area (Å²) in [6.45, 7) is 3.98. The average molecular weight is 559 g/mol. The van der Waals surface area contributed by atoms with E-state index in [2.05, 4.69) is 11.4 Å². The lowest BCUT2D eigenvalue weighted by atomic mass is 9.64. The number of amides is 1. The second kappa shape index (κ2) is 9.28. The van der Waals surface area contributed by atoms with Gasteiger partial charge in [-0.1, -0.05) is 83.4 Å². The molecule has 41 heavy (non-hydrogen) atoms. The summed E-state index contributed by atoms with van der Waals surface area (Å²) < 4.78 is 0. The van der Waals surface area contributed by atoms with Crippen LogP contribution in [0.2, 0.25) is 5.02 Å². The minimum Gasteiger partial charge on any atom is -0.352 e. The lowest BCUT2D eigenvalue weighted by molar-refractivity contribution is -0.121. The minimum absolute atomic E-state index is 0.229. The molecule has 0 radical (unpaired) electrons. The normalized spacial score (nSPS) is 23.6. The van der Waals surface area contributed by atoms with Crippen LogP contribution in [-0.4, -0.2) is 29.6 Å². The molecule has 5 nitrogen and oxygen atoms in total. The number of carbonyl (C=O) groups is 3. The van der Waals surface area contributed by atoms with E-state index in [1.807, 2.05) is 79.4 Å². The van der Waals surface area contributed by atoms with Crippen LogP contribution < -0.4 is 10.2 Å². The summed E-state index contributed by atoms with van der Waals surface area (Å²) in [6, 6.07) is 26.2. The topological polar surface area (TPSA) is 66.5 Å². The summed E-state index contributed by atoms with van der Waals surface area (Å²) in [4.78, 5) is 45.8. The van der Waals surface area contributed by atoms with Crippen molar-refractivity contribution in [3.8, 4) is 0 Å². The third kappa shape index (κ3) is 3.65. The van der Waals surface area contributed by atoms with Crippen LogP contribution >= 0.6 is 11.6 Å². The number of fused-ring (bicyclic) bond motifs is 6. The van der Waals surface area contributed by atoms with Gasteiger partial charge in [-0.15, -0.1) is 0 Å². The zero-order valence-electron chi connectivity index (χ0n) is 22.6. The fourth-order valence-electron chi connectivity index (χ4n) is 6.98. The lowest BCUT2D eigenvalue weighted by Gasteiger charge is -2.37. The van der Waals surface area contributed by atoms with Crippen molar-refractivity contribution in [1.29, 1.82) is 0 Å². The Morgan fingerprint density at radius 2 is 1.49 bits per heavy atom. The van der Waals surface area contributed by atoms with E-state index in [1.54, 1.807) is 36.4 Å². The highest BCUT2D eigenvalue weighted by atomic mass is 35.5. The van der Waals surface area contributed by atoms with Crippen molar-refractivity contribution in [2.45, 2.75) is 31.3 Å². The number of Topliss-reactive ketones (excluding diaryl/α,β-unsaturated/α-hetero) is 2. The van der Waals surface area contributed by atoms with Crippen molar-refractivity contribution in [2.24, 2.45) is 5.92 Å². The molecular formula is C35H27ClN2O3. The minimum atomic E-state index is -1.33. The number of benzene rings is 4. The van der Waals surface area contributed by atoms with Crippen LogP contribution in [0.4, 0.5) is 11.4 Å². The molecule has 1 fully saturated rings. The Morgan fingerprint density at radius 1 is 0.829 bits per heavy atom. The summed E-state index contributed by atoms with van der Waals surface area (Å²) in [5.41, 5.74) is 4.85. The summed E-state index contributed by atoms with van der Waals surface area (Å²) in [5.74, 6) is -1.74. The van der Waals surface area contributed by atoms with Crippen LogP contribution in [0.5, 0.6) is 0 Å². The maximum atomic E-state index is 14.8. The van der Waals surface area contributed by atoms with E-state index in [1.165, 1.54) is 0 Å². The van der Waals surface area contributed by atoms with Gasteiger partial charge in [0.2, 0.25) is 5.91 Å². The summed E-state index contributed by atoms with van der Waals surface area (Å²) in [7, 11) is 0. The van der Waals surface area contributed by atoms with Gasteiger partial charge in [-0.3, -0.25) is 14.4 Å². The molecule has 1 saturated heterocycles. The predicted octanol–water partition coefficient (Wildman–Crippen LogP) is 6.81. The quantitative estimate of drug-likeness (QED) is 0.279. The van der Waals surface area contributed by atoms with Crippen LogP contribution in [0, 0.1) is 19.8 Å². The molecule has 1 amide bonds. The van der Waals surface area contributed by atoms with Gasteiger partial charge in [-0.2, -0.15) is 0 Å². The van der Waals surface area contributed by atoms with Gasteiger partial charge in [0, 0.05) is 27.5 Å². The van der Waals surface area contributed by atoms with Gasteiger partial charge in [0.1, 0.15) is 11.5 Å². The molecule has 202 valence electrons. The number of halogens is 1. The molecule has 0 aromatic heterocycles. The van der Waals surface area contributed by atoms with Crippen LogP contribution in [0.1, 0.15) is 43.0 Å². The summed E-state index contributed by atoms with van der Waals surface area (Å²) >= 11 is 6.18. The van der Waals surface area contributed by atoms with Crippen LogP contribution in [0.3, 0.4) is 0 Å². The molecule has 1 N–H and O–H groups in total. The number of ketones is 2. The molecule has 3 aliphatic heterocycles. The number of aryl methyl sites for hydroxylation is 2. The Labute approximate surface area is 243 Å². The maximum Gasteiger partial charge on any atom is 0.238 e. The van der Waals surface area contributed by atoms with Crippen molar-refractivity contribution < 1.29 is 14.4 Å². The molecule has 0 bridgehead atoms. The number of anilines is 2. The predicted molar refractivity (Wildman–Crippen MR) is 162 cm³/mol. The molecule has 6 heteroatoms. The SMILES string of the molecule is Cc1ccc(C(=O)[C@@H]2[C@H](C(=O)c3ccc(Cl)cc3)N3c4ccc(C)cc4C=C[C@H]3[C@]23C(=O)Nc2ccccc23)cc1.